The average molecular weight is 325 g/mol. The lowest BCUT2D eigenvalue weighted by atomic mass is 9.84. The molecule has 1 saturated heterocycles. The van der Waals surface area contributed by atoms with Gasteiger partial charge in [-0.1, -0.05) is 20.3 Å². The molecule has 2 aliphatic rings. The summed E-state index contributed by atoms with van der Waals surface area (Å²) in [6, 6.07) is -0.391. The van der Waals surface area contributed by atoms with Gasteiger partial charge in [-0.25, -0.2) is 0 Å². The molecule has 2 atom stereocenters. The number of ether oxygens (including phenoxy) is 1. The van der Waals surface area contributed by atoms with E-state index in [2.05, 4.69) is 29.4 Å². The van der Waals surface area contributed by atoms with Crippen molar-refractivity contribution in [2.45, 2.75) is 52.1 Å². The first-order chi connectivity index (χ1) is 11.0. The largest absolute Gasteiger partial charge is 0.379 e. The lowest BCUT2D eigenvalue weighted by Crippen LogP contribution is -2.54. The summed E-state index contributed by atoms with van der Waals surface area (Å²) in [5.74, 6) is 0.383. The summed E-state index contributed by atoms with van der Waals surface area (Å²) in [6.45, 7) is 10.2. The summed E-state index contributed by atoms with van der Waals surface area (Å²) < 4.78 is 5.37. The SMILES string of the molecule is CC(C)[C@@H](CN1CCOCC1)NC(=O)[C@H](C)NC(=O)C1CCC1. The van der Waals surface area contributed by atoms with Crippen LogP contribution in [0.3, 0.4) is 0 Å². The molecule has 6 nitrogen and oxygen atoms in total. The first kappa shape index (κ1) is 18.2. The number of amides is 2. The monoisotopic (exact) mass is 325 g/mol. The van der Waals surface area contributed by atoms with E-state index in [4.69, 9.17) is 4.74 Å². The van der Waals surface area contributed by atoms with E-state index in [0.717, 1.165) is 52.1 Å². The molecule has 0 bridgehead atoms. The van der Waals surface area contributed by atoms with Crippen molar-refractivity contribution < 1.29 is 14.3 Å². The Labute approximate surface area is 139 Å². The fourth-order valence-electron chi connectivity index (χ4n) is 2.86. The highest BCUT2D eigenvalue weighted by atomic mass is 16.5. The van der Waals surface area contributed by atoms with E-state index >= 15 is 0 Å². The molecule has 23 heavy (non-hydrogen) atoms. The Kier molecular flexibility index (Phi) is 6.84. The van der Waals surface area contributed by atoms with Gasteiger partial charge in [-0.3, -0.25) is 14.5 Å². The van der Waals surface area contributed by atoms with Gasteiger partial charge in [0.1, 0.15) is 6.04 Å². The van der Waals surface area contributed by atoms with Crippen LogP contribution in [-0.2, 0) is 14.3 Å². The molecule has 2 N–H and O–H groups in total. The molecule has 1 heterocycles. The highest BCUT2D eigenvalue weighted by molar-refractivity contribution is 5.88. The summed E-state index contributed by atoms with van der Waals surface area (Å²) in [5, 5.41) is 5.95. The van der Waals surface area contributed by atoms with Gasteiger partial charge in [-0.15, -0.1) is 0 Å². The number of nitrogens with zero attached hydrogens (tertiary/aromatic N) is 1. The predicted molar refractivity (Wildman–Crippen MR) is 89.0 cm³/mol. The summed E-state index contributed by atoms with van der Waals surface area (Å²) in [7, 11) is 0. The fourth-order valence-corrected chi connectivity index (χ4v) is 2.86. The molecule has 0 aromatic rings. The summed E-state index contributed by atoms with van der Waals surface area (Å²) in [5.41, 5.74) is 0. The maximum absolute atomic E-state index is 12.4. The summed E-state index contributed by atoms with van der Waals surface area (Å²) >= 11 is 0. The van der Waals surface area contributed by atoms with Crippen LogP contribution in [0.2, 0.25) is 0 Å². The maximum Gasteiger partial charge on any atom is 0.242 e. The zero-order chi connectivity index (χ0) is 16.8. The Morgan fingerprint density at radius 1 is 1.13 bits per heavy atom. The van der Waals surface area contributed by atoms with Crippen LogP contribution < -0.4 is 10.6 Å². The van der Waals surface area contributed by atoms with Gasteiger partial charge in [0.15, 0.2) is 0 Å². The van der Waals surface area contributed by atoms with E-state index in [1.165, 1.54) is 0 Å². The highest BCUT2D eigenvalue weighted by Gasteiger charge is 2.29. The van der Waals surface area contributed by atoms with Crippen LogP contribution in [-0.4, -0.2) is 61.6 Å². The number of carbonyl (C=O) groups excluding carboxylic acids is 2. The van der Waals surface area contributed by atoms with Crippen molar-refractivity contribution >= 4 is 11.8 Å². The minimum atomic E-state index is -0.478. The lowest BCUT2D eigenvalue weighted by molar-refractivity contribution is -0.132. The van der Waals surface area contributed by atoms with Crippen molar-refractivity contribution in [3.63, 3.8) is 0 Å². The normalized spacial score (nSPS) is 22.3. The van der Waals surface area contributed by atoms with Crippen LogP contribution in [0.1, 0.15) is 40.0 Å². The molecule has 2 fully saturated rings. The number of hydrogen-bond acceptors (Lipinski definition) is 4. The number of hydrogen-bond donors (Lipinski definition) is 2. The molecule has 1 aliphatic carbocycles. The second-order valence-corrected chi connectivity index (χ2v) is 7.13. The number of morpholine rings is 1. The molecule has 2 amide bonds. The molecule has 2 rings (SSSR count). The van der Waals surface area contributed by atoms with Crippen LogP contribution in [0.15, 0.2) is 0 Å². The van der Waals surface area contributed by atoms with E-state index in [1.807, 2.05) is 0 Å². The Bertz CT molecular complexity index is 404. The zero-order valence-electron chi connectivity index (χ0n) is 14.6. The smallest absolute Gasteiger partial charge is 0.242 e. The Morgan fingerprint density at radius 2 is 1.78 bits per heavy atom. The molecule has 0 unspecified atom stereocenters. The summed E-state index contributed by atoms with van der Waals surface area (Å²) in [4.78, 5) is 26.7. The molecule has 1 aliphatic heterocycles. The Hall–Kier alpha value is -1.14. The van der Waals surface area contributed by atoms with E-state index in [9.17, 15) is 9.59 Å². The lowest BCUT2D eigenvalue weighted by Gasteiger charge is -2.33. The molecule has 132 valence electrons. The predicted octanol–water partition coefficient (Wildman–Crippen LogP) is 0.764. The maximum atomic E-state index is 12.4. The van der Waals surface area contributed by atoms with E-state index in [0.29, 0.717) is 5.92 Å². The minimum absolute atomic E-state index is 0.0215. The third-order valence-electron chi connectivity index (χ3n) is 4.92. The topological polar surface area (TPSA) is 70.7 Å². The van der Waals surface area contributed by atoms with Crippen LogP contribution in [0.4, 0.5) is 0 Å². The van der Waals surface area contributed by atoms with Crippen LogP contribution >= 0.6 is 0 Å². The molecular weight excluding hydrogens is 294 g/mol. The average Bonchev–Trinajstić information content (AvgIpc) is 2.45. The third-order valence-corrected chi connectivity index (χ3v) is 4.92. The zero-order valence-corrected chi connectivity index (χ0v) is 14.6. The molecule has 0 aromatic carbocycles. The van der Waals surface area contributed by atoms with Crippen molar-refractivity contribution in [2.24, 2.45) is 11.8 Å². The van der Waals surface area contributed by atoms with E-state index in [1.54, 1.807) is 6.92 Å². The van der Waals surface area contributed by atoms with Gasteiger partial charge in [0.25, 0.3) is 0 Å². The standard InChI is InChI=1S/C17H31N3O3/c1-12(2)15(11-20-7-9-23-10-8-20)19-16(21)13(3)18-17(22)14-5-4-6-14/h12-15H,4-11H2,1-3H3,(H,18,22)(H,19,21)/t13-,15+/m0/s1. The Balaban J connectivity index is 1.79. The quantitative estimate of drug-likeness (QED) is 0.725. The summed E-state index contributed by atoms with van der Waals surface area (Å²) in [6.07, 6.45) is 3.02. The Morgan fingerprint density at radius 3 is 2.30 bits per heavy atom. The number of carbonyl (C=O) groups is 2. The highest BCUT2D eigenvalue weighted by Crippen LogP contribution is 2.26. The minimum Gasteiger partial charge on any atom is -0.379 e. The van der Waals surface area contributed by atoms with Gasteiger partial charge in [0, 0.05) is 31.6 Å². The fraction of sp³-hybridized carbons (Fsp3) is 0.882. The van der Waals surface area contributed by atoms with Crippen molar-refractivity contribution in [3.05, 3.63) is 0 Å². The van der Waals surface area contributed by atoms with Crippen LogP contribution in [0.5, 0.6) is 0 Å². The van der Waals surface area contributed by atoms with Crippen LogP contribution in [0, 0.1) is 11.8 Å². The van der Waals surface area contributed by atoms with E-state index < -0.39 is 6.04 Å². The van der Waals surface area contributed by atoms with Gasteiger partial charge < -0.3 is 15.4 Å². The first-order valence-corrected chi connectivity index (χ1v) is 8.88. The van der Waals surface area contributed by atoms with Crippen molar-refractivity contribution in [2.75, 3.05) is 32.8 Å². The van der Waals surface area contributed by atoms with Gasteiger partial charge >= 0.3 is 0 Å². The van der Waals surface area contributed by atoms with E-state index in [-0.39, 0.29) is 23.8 Å². The van der Waals surface area contributed by atoms with Gasteiger partial charge in [0.05, 0.1) is 13.2 Å². The van der Waals surface area contributed by atoms with Gasteiger partial charge in [-0.05, 0) is 25.7 Å². The molecule has 6 heteroatoms. The van der Waals surface area contributed by atoms with Crippen molar-refractivity contribution in [1.29, 1.82) is 0 Å². The van der Waals surface area contributed by atoms with Crippen LogP contribution in [0.25, 0.3) is 0 Å². The first-order valence-electron chi connectivity index (χ1n) is 8.88. The molecular formula is C17H31N3O3. The second kappa shape index (κ2) is 8.64. The third kappa shape index (κ3) is 5.46. The second-order valence-electron chi connectivity index (χ2n) is 7.13. The number of nitrogens with one attached hydrogen (secondary N) is 2. The molecule has 0 spiro atoms. The molecule has 1 saturated carbocycles. The molecule has 0 aromatic heterocycles. The van der Waals surface area contributed by atoms with Gasteiger partial charge in [-0.2, -0.15) is 0 Å². The van der Waals surface area contributed by atoms with Gasteiger partial charge in [0.2, 0.25) is 11.8 Å². The van der Waals surface area contributed by atoms with Crippen molar-refractivity contribution in [3.8, 4) is 0 Å². The number of rotatable bonds is 7. The van der Waals surface area contributed by atoms with Crippen molar-refractivity contribution in [1.82, 2.24) is 15.5 Å². The molecule has 0 radical (unpaired) electrons.